The van der Waals surface area contributed by atoms with Gasteiger partial charge in [-0.3, -0.25) is 4.79 Å². The van der Waals surface area contributed by atoms with Crippen LogP contribution in [0.15, 0.2) is 39.5 Å². The molecule has 20 heavy (non-hydrogen) atoms. The fraction of sp³-hybridized carbons (Fsp3) is 0.267. The third-order valence-electron chi connectivity index (χ3n) is 2.94. The number of halogens is 2. The molecule has 0 aliphatic rings. The van der Waals surface area contributed by atoms with Gasteiger partial charge < -0.3 is 4.90 Å². The van der Waals surface area contributed by atoms with E-state index in [0.717, 1.165) is 10.3 Å². The molecule has 5 heteroatoms. The van der Waals surface area contributed by atoms with Crippen molar-refractivity contribution in [3.05, 3.63) is 56.4 Å². The summed E-state index contributed by atoms with van der Waals surface area (Å²) in [7, 11) is 1.98. The molecule has 0 spiro atoms. The number of hydrogen-bond acceptors (Lipinski definition) is 3. The van der Waals surface area contributed by atoms with Gasteiger partial charge in [0.2, 0.25) is 0 Å². The largest absolute Gasteiger partial charge is 0.302 e. The number of nitrogens with zero attached hydrogens (tertiary/aromatic N) is 1. The zero-order valence-electron chi connectivity index (χ0n) is 11.1. The molecule has 1 aromatic carbocycles. The minimum absolute atomic E-state index is 0.0251. The van der Waals surface area contributed by atoms with Crippen LogP contribution in [0.4, 0.5) is 4.39 Å². The Bertz CT molecular complexity index is 599. The van der Waals surface area contributed by atoms with Gasteiger partial charge in [-0.05, 0) is 52.1 Å². The number of benzene rings is 1. The summed E-state index contributed by atoms with van der Waals surface area (Å²) in [5.41, 5.74) is 1.67. The van der Waals surface area contributed by atoms with Crippen LogP contribution >= 0.6 is 27.3 Å². The highest BCUT2D eigenvalue weighted by Gasteiger charge is 2.09. The number of Topliss-reactive ketones (excluding diaryl/α,β-unsaturated/α-hetero) is 1. The van der Waals surface area contributed by atoms with E-state index in [1.807, 2.05) is 7.05 Å². The van der Waals surface area contributed by atoms with Gasteiger partial charge >= 0.3 is 0 Å². The SMILES string of the molecule is CN(CCC(=O)c1cccc(F)c1)Cc1csc(Br)c1. The molecule has 0 N–H and O–H groups in total. The third kappa shape index (κ3) is 4.51. The topological polar surface area (TPSA) is 20.3 Å². The summed E-state index contributed by atoms with van der Waals surface area (Å²) in [5.74, 6) is -0.393. The molecule has 0 aliphatic heterocycles. The van der Waals surface area contributed by atoms with Gasteiger partial charge in [-0.2, -0.15) is 0 Å². The van der Waals surface area contributed by atoms with Gasteiger partial charge in [0.25, 0.3) is 0 Å². The van der Waals surface area contributed by atoms with Crippen LogP contribution in [0.2, 0.25) is 0 Å². The second kappa shape index (κ2) is 7.11. The fourth-order valence-corrected chi connectivity index (χ4v) is 3.12. The van der Waals surface area contributed by atoms with Crippen molar-refractivity contribution in [3.63, 3.8) is 0 Å². The van der Waals surface area contributed by atoms with E-state index in [-0.39, 0.29) is 11.6 Å². The molecule has 0 saturated carbocycles. The molecule has 0 aliphatic carbocycles. The number of carbonyl (C=O) groups is 1. The Morgan fingerprint density at radius 1 is 1.40 bits per heavy atom. The summed E-state index contributed by atoms with van der Waals surface area (Å²) in [5, 5.41) is 2.09. The number of ketones is 1. The first-order valence-corrected chi connectivity index (χ1v) is 7.92. The molecule has 0 bridgehead atoms. The summed E-state index contributed by atoms with van der Waals surface area (Å²) in [6.07, 6.45) is 0.394. The van der Waals surface area contributed by atoms with Crippen molar-refractivity contribution in [1.82, 2.24) is 4.90 Å². The van der Waals surface area contributed by atoms with Gasteiger partial charge in [0, 0.05) is 25.1 Å². The van der Waals surface area contributed by atoms with Gasteiger partial charge in [-0.15, -0.1) is 11.3 Å². The normalized spacial score (nSPS) is 11.0. The van der Waals surface area contributed by atoms with E-state index >= 15 is 0 Å². The van der Waals surface area contributed by atoms with E-state index in [0.29, 0.717) is 18.5 Å². The molecule has 0 amide bonds. The Kier molecular flexibility index (Phi) is 5.46. The quantitative estimate of drug-likeness (QED) is 0.717. The molecular formula is C15H15BrFNOS. The number of rotatable bonds is 6. The predicted molar refractivity (Wildman–Crippen MR) is 83.7 cm³/mol. The number of thiophene rings is 1. The second-order valence-corrected chi connectivity index (χ2v) is 6.97. The summed E-state index contributed by atoms with van der Waals surface area (Å²) in [6, 6.07) is 7.93. The Morgan fingerprint density at radius 3 is 2.85 bits per heavy atom. The maximum Gasteiger partial charge on any atom is 0.164 e. The van der Waals surface area contributed by atoms with Crippen molar-refractivity contribution in [2.75, 3.05) is 13.6 Å². The van der Waals surface area contributed by atoms with Gasteiger partial charge in [-0.1, -0.05) is 12.1 Å². The molecule has 106 valence electrons. The Balaban J connectivity index is 1.84. The zero-order valence-corrected chi connectivity index (χ0v) is 13.5. The first kappa shape index (κ1) is 15.4. The molecule has 2 aromatic rings. The minimum atomic E-state index is -0.368. The highest BCUT2D eigenvalue weighted by molar-refractivity contribution is 9.11. The Hall–Kier alpha value is -1.04. The molecule has 2 rings (SSSR count). The summed E-state index contributed by atoms with van der Waals surface area (Å²) >= 11 is 5.08. The number of carbonyl (C=O) groups excluding carboxylic acids is 1. The summed E-state index contributed by atoms with van der Waals surface area (Å²) < 4.78 is 14.2. The second-order valence-electron chi connectivity index (χ2n) is 4.68. The lowest BCUT2D eigenvalue weighted by Gasteiger charge is -2.15. The molecule has 0 saturated heterocycles. The van der Waals surface area contributed by atoms with Crippen LogP contribution < -0.4 is 0 Å². The molecule has 0 unspecified atom stereocenters. The van der Waals surface area contributed by atoms with E-state index in [9.17, 15) is 9.18 Å². The van der Waals surface area contributed by atoms with Crippen LogP contribution in [0.5, 0.6) is 0 Å². The predicted octanol–water partition coefficient (Wildman–Crippen LogP) is 4.35. The Labute approximate surface area is 130 Å². The van der Waals surface area contributed by atoms with Gasteiger partial charge in [-0.25, -0.2) is 4.39 Å². The van der Waals surface area contributed by atoms with Crippen molar-refractivity contribution in [1.29, 1.82) is 0 Å². The third-order valence-corrected chi connectivity index (χ3v) is 4.49. The van der Waals surface area contributed by atoms with Crippen LogP contribution in [0, 0.1) is 5.82 Å². The lowest BCUT2D eigenvalue weighted by Crippen LogP contribution is -2.21. The molecule has 0 fully saturated rings. The number of hydrogen-bond donors (Lipinski definition) is 0. The van der Waals surface area contributed by atoms with Crippen LogP contribution in [0.1, 0.15) is 22.3 Å². The standard InChI is InChI=1S/C15H15BrFNOS/c1-18(9-11-7-15(16)20-10-11)6-5-14(19)12-3-2-4-13(17)8-12/h2-4,7-8,10H,5-6,9H2,1H3. The monoisotopic (exact) mass is 355 g/mol. The molecule has 0 atom stereocenters. The first-order chi connectivity index (χ1) is 9.54. The lowest BCUT2D eigenvalue weighted by atomic mass is 10.1. The molecule has 0 radical (unpaired) electrons. The smallest absolute Gasteiger partial charge is 0.164 e. The lowest BCUT2D eigenvalue weighted by molar-refractivity contribution is 0.0967. The summed E-state index contributed by atoms with van der Waals surface area (Å²) in [4.78, 5) is 14.0. The van der Waals surface area contributed by atoms with Gasteiger partial charge in [0.15, 0.2) is 5.78 Å². The summed E-state index contributed by atoms with van der Waals surface area (Å²) in [6.45, 7) is 1.46. The van der Waals surface area contributed by atoms with Gasteiger partial charge in [0.05, 0.1) is 3.79 Å². The van der Waals surface area contributed by atoms with Crippen molar-refractivity contribution in [2.45, 2.75) is 13.0 Å². The highest BCUT2D eigenvalue weighted by atomic mass is 79.9. The van der Waals surface area contributed by atoms with Crippen molar-refractivity contribution in [2.24, 2.45) is 0 Å². The highest BCUT2D eigenvalue weighted by Crippen LogP contribution is 2.21. The molecular weight excluding hydrogens is 341 g/mol. The zero-order chi connectivity index (χ0) is 14.5. The average molecular weight is 356 g/mol. The van der Waals surface area contributed by atoms with Crippen molar-refractivity contribution >= 4 is 33.0 Å². The fourth-order valence-electron chi connectivity index (χ4n) is 1.92. The van der Waals surface area contributed by atoms with Gasteiger partial charge in [0.1, 0.15) is 5.82 Å². The average Bonchev–Trinajstić information content (AvgIpc) is 2.81. The van der Waals surface area contributed by atoms with Crippen molar-refractivity contribution < 1.29 is 9.18 Å². The minimum Gasteiger partial charge on any atom is -0.302 e. The van der Waals surface area contributed by atoms with Crippen LogP contribution in [0.3, 0.4) is 0 Å². The molecule has 1 aromatic heterocycles. The van der Waals surface area contributed by atoms with Crippen LogP contribution in [0.25, 0.3) is 0 Å². The van der Waals surface area contributed by atoms with E-state index in [2.05, 4.69) is 32.3 Å². The first-order valence-electron chi connectivity index (χ1n) is 6.25. The van der Waals surface area contributed by atoms with Crippen LogP contribution in [-0.2, 0) is 6.54 Å². The molecule has 1 heterocycles. The molecule has 2 nitrogen and oxygen atoms in total. The van der Waals surface area contributed by atoms with Crippen LogP contribution in [-0.4, -0.2) is 24.3 Å². The van der Waals surface area contributed by atoms with E-state index in [4.69, 9.17) is 0 Å². The Morgan fingerprint density at radius 2 is 2.20 bits per heavy atom. The maximum atomic E-state index is 13.1. The van der Waals surface area contributed by atoms with E-state index in [1.165, 1.54) is 17.7 Å². The van der Waals surface area contributed by atoms with E-state index < -0.39 is 0 Å². The van der Waals surface area contributed by atoms with E-state index in [1.54, 1.807) is 23.5 Å². The van der Waals surface area contributed by atoms with Crippen molar-refractivity contribution in [3.8, 4) is 0 Å². The maximum absolute atomic E-state index is 13.1.